The molecule has 1 rings (SSSR count). The summed E-state index contributed by atoms with van der Waals surface area (Å²) in [6.07, 6.45) is 0.774. The molecule has 0 aliphatic heterocycles. The maximum atomic E-state index is 5.50. The van der Waals surface area contributed by atoms with Gasteiger partial charge in [0, 0.05) is 12.3 Å². The van der Waals surface area contributed by atoms with Crippen LogP contribution in [0.1, 0.15) is 38.4 Å². The molecular weight excluding hydrogens is 166 g/mol. The van der Waals surface area contributed by atoms with Gasteiger partial charge in [0.05, 0.1) is 0 Å². The zero-order chi connectivity index (χ0) is 9.84. The maximum Gasteiger partial charge on any atom is 0.226 e. The van der Waals surface area contributed by atoms with E-state index in [-0.39, 0.29) is 0 Å². The summed E-state index contributed by atoms with van der Waals surface area (Å²) >= 11 is 0. The van der Waals surface area contributed by atoms with Crippen molar-refractivity contribution in [3.05, 3.63) is 11.7 Å². The van der Waals surface area contributed by atoms with Crippen LogP contribution in [0.5, 0.6) is 0 Å². The van der Waals surface area contributed by atoms with E-state index in [0.717, 1.165) is 12.2 Å². The van der Waals surface area contributed by atoms with E-state index in [1.54, 1.807) is 0 Å². The average Bonchev–Trinajstić information content (AvgIpc) is 2.52. The van der Waals surface area contributed by atoms with Crippen molar-refractivity contribution in [1.82, 2.24) is 10.1 Å². The van der Waals surface area contributed by atoms with Gasteiger partial charge in [-0.2, -0.15) is 4.98 Å². The van der Waals surface area contributed by atoms with Crippen molar-refractivity contribution in [1.29, 1.82) is 0 Å². The van der Waals surface area contributed by atoms with E-state index in [2.05, 4.69) is 17.1 Å². The van der Waals surface area contributed by atoms with Gasteiger partial charge in [-0.05, 0) is 12.5 Å². The van der Waals surface area contributed by atoms with E-state index < -0.39 is 0 Å². The molecule has 0 saturated carbocycles. The Hall–Kier alpha value is -0.900. The molecule has 0 radical (unpaired) electrons. The summed E-state index contributed by atoms with van der Waals surface area (Å²) in [7, 11) is 0. The van der Waals surface area contributed by atoms with Gasteiger partial charge in [-0.15, -0.1) is 0 Å². The number of rotatable bonds is 4. The molecule has 4 nitrogen and oxygen atoms in total. The highest BCUT2D eigenvalue weighted by Crippen LogP contribution is 2.11. The van der Waals surface area contributed by atoms with Crippen LogP contribution in [0.4, 0.5) is 0 Å². The average molecular weight is 183 g/mol. The molecule has 0 saturated heterocycles. The lowest BCUT2D eigenvalue weighted by atomic mass is 10.1. The topological polar surface area (TPSA) is 64.9 Å². The Bertz CT molecular complexity index is 257. The van der Waals surface area contributed by atoms with E-state index in [1.165, 1.54) is 0 Å². The van der Waals surface area contributed by atoms with Crippen molar-refractivity contribution in [2.75, 3.05) is 6.54 Å². The second kappa shape index (κ2) is 4.37. The lowest BCUT2D eigenvalue weighted by molar-refractivity contribution is 0.354. The molecule has 1 unspecified atom stereocenters. The quantitative estimate of drug-likeness (QED) is 0.764. The highest BCUT2D eigenvalue weighted by Gasteiger charge is 2.11. The standard InChI is InChI=1S/C9H17N3O/c1-6(2)9-11-8(13-12-9)4-7(3)5-10/h6-7H,4-5,10H2,1-3H3. The molecule has 0 fully saturated rings. The molecule has 2 N–H and O–H groups in total. The molecule has 0 aliphatic rings. The number of nitrogens with zero attached hydrogens (tertiary/aromatic N) is 2. The number of aromatic nitrogens is 2. The molecule has 1 aromatic heterocycles. The molecular formula is C9H17N3O. The van der Waals surface area contributed by atoms with E-state index >= 15 is 0 Å². The van der Waals surface area contributed by atoms with Crippen LogP contribution in [0.2, 0.25) is 0 Å². The van der Waals surface area contributed by atoms with Crippen LogP contribution in [0.3, 0.4) is 0 Å². The molecule has 4 heteroatoms. The summed E-state index contributed by atoms with van der Waals surface area (Å²) < 4.78 is 5.08. The minimum absolute atomic E-state index is 0.325. The van der Waals surface area contributed by atoms with Crippen molar-refractivity contribution < 1.29 is 4.52 Å². The minimum atomic E-state index is 0.325. The molecule has 0 bridgehead atoms. The van der Waals surface area contributed by atoms with E-state index in [0.29, 0.717) is 24.3 Å². The third-order valence-corrected chi connectivity index (χ3v) is 1.93. The van der Waals surface area contributed by atoms with Crippen LogP contribution < -0.4 is 5.73 Å². The summed E-state index contributed by atoms with van der Waals surface area (Å²) in [6, 6.07) is 0. The second-order valence-corrected chi connectivity index (χ2v) is 3.75. The lowest BCUT2D eigenvalue weighted by Crippen LogP contribution is -2.13. The maximum absolute atomic E-state index is 5.50. The molecule has 1 heterocycles. The van der Waals surface area contributed by atoms with Gasteiger partial charge in [-0.3, -0.25) is 0 Å². The van der Waals surface area contributed by atoms with E-state index in [1.807, 2.05) is 13.8 Å². The van der Waals surface area contributed by atoms with Gasteiger partial charge in [0.15, 0.2) is 5.82 Å². The van der Waals surface area contributed by atoms with Crippen molar-refractivity contribution in [2.45, 2.75) is 33.1 Å². The molecule has 13 heavy (non-hydrogen) atoms. The van der Waals surface area contributed by atoms with Gasteiger partial charge in [-0.1, -0.05) is 25.9 Å². The molecule has 1 atom stereocenters. The minimum Gasteiger partial charge on any atom is -0.339 e. The van der Waals surface area contributed by atoms with Crippen LogP contribution >= 0.6 is 0 Å². The largest absolute Gasteiger partial charge is 0.339 e. The highest BCUT2D eigenvalue weighted by molar-refractivity contribution is 4.92. The summed E-state index contributed by atoms with van der Waals surface area (Å²) in [5, 5.41) is 3.88. The SMILES string of the molecule is CC(CN)Cc1nc(C(C)C)no1. The van der Waals surface area contributed by atoms with Gasteiger partial charge in [0.2, 0.25) is 5.89 Å². The fourth-order valence-electron chi connectivity index (χ4n) is 0.967. The molecule has 74 valence electrons. The number of nitrogens with two attached hydrogens (primary N) is 1. The van der Waals surface area contributed by atoms with Crippen molar-refractivity contribution in [3.8, 4) is 0 Å². The van der Waals surface area contributed by atoms with Crippen molar-refractivity contribution >= 4 is 0 Å². The molecule has 0 aliphatic carbocycles. The van der Waals surface area contributed by atoms with Crippen LogP contribution in [0, 0.1) is 5.92 Å². The van der Waals surface area contributed by atoms with E-state index in [9.17, 15) is 0 Å². The molecule has 0 amide bonds. The summed E-state index contributed by atoms with van der Waals surface area (Å²) in [4.78, 5) is 4.26. The van der Waals surface area contributed by atoms with Crippen molar-refractivity contribution in [2.24, 2.45) is 11.7 Å². The smallest absolute Gasteiger partial charge is 0.226 e. The van der Waals surface area contributed by atoms with Crippen LogP contribution in [-0.4, -0.2) is 16.7 Å². The fraction of sp³-hybridized carbons (Fsp3) is 0.778. The fourth-order valence-corrected chi connectivity index (χ4v) is 0.967. The summed E-state index contributed by atoms with van der Waals surface area (Å²) in [6.45, 7) is 6.81. The lowest BCUT2D eigenvalue weighted by Gasteiger charge is -2.02. The summed E-state index contributed by atoms with van der Waals surface area (Å²) in [5.41, 5.74) is 5.50. The first kappa shape index (κ1) is 10.2. The van der Waals surface area contributed by atoms with Gasteiger partial charge in [-0.25, -0.2) is 0 Å². The predicted octanol–water partition coefficient (Wildman–Crippen LogP) is 1.33. The second-order valence-electron chi connectivity index (χ2n) is 3.75. The monoisotopic (exact) mass is 183 g/mol. The van der Waals surface area contributed by atoms with Gasteiger partial charge in [0.1, 0.15) is 0 Å². The third-order valence-electron chi connectivity index (χ3n) is 1.93. The first-order valence-corrected chi connectivity index (χ1v) is 4.66. The predicted molar refractivity (Wildman–Crippen MR) is 50.3 cm³/mol. The van der Waals surface area contributed by atoms with Crippen LogP contribution in [0.25, 0.3) is 0 Å². The van der Waals surface area contributed by atoms with Crippen LogP contribution in [0.15, 0.2) is 4.52 Å². The van der Waals surface area contributed by atoms with E-state index in [4.69, 9.17) is 10.3 Å². The normalized spacial score (nSPS) is 13.6. The highest BCUT2D eigenvalue weighted by atomic mass is 16.5. The zero-order valence-corrected chi connectivity index (χ0v) is 8.45. The molecule has 0 spiro atoms. The number of hydrogen-bond acceptors (Lipinski definition) is 4. The molecule has 0 aromatic carbocycles. The van der Waals surface area contributed by atoms with Gasteiger partial charge in [0.25, 0.3) is 0 Å². The van der Waals surface area contributed by atoms with Crippen LogP contribution in [-0.2, 0) is 6.42 Å². The third kappa shape index (κ3) is 2.81. The molecule has 1 aromatic rings. The Balaban J connectivity index is 2.58. The van der Waals surface area contributed by atoms with Gasteiger partial charge < -0.3 is 10.3 Å². The summed E-state index contributed by atoms with van der Waals surface area (Å²) in [5.74, 6) is 2.20. The van der Waals surface area contributed by atoms with Gasteiger partial charge >= 0.3 is 0 Å². The zero-order valence-electron chi connectivity index (χ0n) is 8.45. The first-order valence-electron chi connectivity index (χ1n) is 4.66. The Morgan fingerprint density at radius 3 is 2.54 bits per heavy atom. The Kier molecular flexibility index (Phi) is 3.42. The Labute approximate surface area is 78.5 Å². The Morgan fingerprint density at radius 2 is 2.08 bits per heavy atom. The Morgan fingerprint density at radius 1 is 1.38 bits per heavy atom. The first-order chi connectivity index (χ1) is 6.13. The number of hydrogen-bond donors (Lipinski definition) is 1. The van der Waals surface area contributed by atoms with Crippen molar-refractivity contribution in [3.63, 3.8) is 0 Å².